The maximum absolute atomic E-state index is 11.0. The molecule has 0 fully saturated rings. The minimum atomic E-state index is -0.993. The third kappa shape index (κ3) is 2.86. The number of hydrogen-bond acceptors (Lipinski definition) is 6. The number of pyridine rings is 1. The van der Waals surface area contributed by atoms with Gasteiger partial charge in [-0.2, -0.15) is 4.98 Å². The average Bonchev–Trinajstić information content (AvgIpc) is 2.84. The molecule has 0 aliphatic heterocycles. The molecule has 2 rings (SSSR count). The summed E-state index contributed by atoms with van der Waals surface area (Å²) in [4.78, 5) is 19.2. The van der Waals surface area contributed by atoms with E-state index in [4.69, 9.17) is 9.63 Å². The van der Waals surface area contributed by atoms with Crippen LogP contribution in [0.25, 0.3) is 0 Å². The van der Waals surface area contributed by atoms with Crippen LogP contribution in [0.5, 0.6) is 0 Å². The van der Waals surface area contributed by atoms with Gasteiger partial charge in [0.2, 0.25) is 5.89 Å². The van der Waals surface area contributed by atoms with Crippen LogP contribution >= 0.6 is 11.8 Å². The van der Waals surface area contributed by atoms with Gasteiger partial charge in [-0.15, -0.1) is 0 Å². The van der Waals surface area contributed by atoms with Gasteiger partial charge in [-0.1, -0.05) is 23.8 Å². The van der Waals surface area contributed by atoms with E-state index < -0.39 is 5.97 Å². The summed E-state index contributed by atoms with van der Waals surface area (Å²) in [7, 11) is 0. The lowest BCUT2D eigenvalue weighted by Gasteiger charge is -2.01. The number of aryl methyl sites for hydroxylation is 1. The van der Waals surface area contributed by atoms with E-state index in [-0.39, 0.29) is 5.56 Å². The van der Waals surface area contributed by atoms with Crippen molar-refractivity contribution in [2.24, 2.45) is 0 Å². The topological polar surface area (TPSA) is 89.1 Å². The fourth-order valence-corrected chi connectivity index (χ4v) is 2.12. The quantitative estimate of drug-likeness (QED) is 0.827. The molecule has 2 heterocycles. The van der Waals surface area contributed by atoms with Crippen molar-refractivity contribution in [3.05, 3.63) is 35.6 Å². The van der Waals surface area contributed by atoms with Gasteiger partial charge in [-0.3, -0.25) is 0 Å². The van der Waals surface area contributed by atoms with Crippen molar-refractivity contribution in [3.8, 4) is 0 Å². The SMILES string of the molecule is CCc1nc(CSc2ncccc2C(=O)O)no1. The predicted molar refractivity (Wildman–Crippen MR) is 64.4 cm³/mol. The van der Waals surface area contributed by atoms with Gasteiger partial charge in [-0.25, -0.2) is 9.78 Å². The highest BCUT2D eigenvalue weighted by Gasteiger charge is 2.12. The number of carbonyl (C=O) groups is 1. The maximum Gasteiger partial charge on any atom is 0.338 e. The molecule has 0 atom stereocenters. The second kappa shape index (κ2) is 5.63. The van der Waals surface area contributed by atoms with E-state index in [1.54, 1.807) is 12.3 Å². The molecule has 6 nitrogen and oxygen atoms in total. The van der Waals surface area contributed by atoms with Crippen LogP contribution in [0, 0.1) is 0 Å². The van der Waals surface area contributed by atoms with Gasteiger partial charge in [0.15, 0.2) is 5.82 Å². The van der Waals surface area contributed by atoms with Crippen LogP contribution in [0.1, 0.15) is 29.0 Å². The molecule has 1 N–H and O–H groups in total. The van der Waals surface area contributed by atoms with Crippen LogP contribution in [-0.4, -0.2) is 26.2 Å². The van der Waals surface area contributed by atoms with Crippen molar-refractivity contribution in [1.82, 2.24) is 15.1 Å². The summed E-state index contributed by atoms with van der Waals surface area (Å²) in [5.74, 6) is 0.553. The fraction of sp³-hybridized carbons (Fsp3) is 0.273. The second-order valence-electron chi connectivity index (χ2n) is 3.41. The van der Waals surface area contributed by atoms with E-state index >= 15 is 0 Å². The van der Waals surface area contributed by atoms with Crippen molar-refractivity contribution < 1.29 is 14.4 Å². The number of hydrogen-bond donors (Lipinski definition) is 1. The molecule has 0 saturated heterocycles. The van der Waals surface area contributed by atoms with E-state index in [1.807, 2.05) is 6.92 Å². The molecule has 0 radical (unpaired) electrons. The van der Waals surface area contributed by atoms with E-state index in [0.717, 1.165) is 0 Å². The Labute approximate surface area is 107 Å². The summed E-state index contributed by atoms with van der Waals surface area (Å²) >= 11 is 1.28. The third-order valence-corrected chi connectivity index (χ3v) is 3.15. The fourth-order valence-electron chi connectivity index (χ4n) is 1.29. The summed E-state index contributed by atoms with van der Waals surface area (Å²) in [6.45, 7) is 1.92. The number of aromatic nitrogens is 3. The summed E-state index contributed by atoms with van der Waals surface area (Å²) in [6, 6.07) is 3.11. The lowest BCUT2D eigenvalue weighted by Crippen LogP contribution is -2.00. The minimum absolute atomic E-state index is 0.182. The number of carboxylic acids is 1. The standard InChI is InChI=1S/C11H11N3O3S/c1-2-9-13-8(14-17-9)6-18-10-7(11(15)16)4-3-5-12-10/h3-5H,2,6H2,1H3,(H,15,16). The molecular formula is C11H11N3O3S. The lowest BCUT2D eigenvalue weighted by molar-refractivity contribution is 0.0692. The second-order valence-corrected chi connectivity index (χ2v) is 4.37. The van der Waals surface area contributed by atoms with Gasteiger partial charge in [0.25, 0.3) is 0 Å². The van der Waals surface area contributed by atoms with Crippen molar-refractivity contribution >= 4 is 17.7 Å². The van der Waals surface area contributed by atoms with Crippen LogP contribution in [0.2, 0.25) is 0 Å². The Balaban J connectivity index is 2.08. The molecule has 18 heavy (non-hydrogen) atoms. The van der Waals surface area contributed by atoms with Gasteiger partial charge >= 0.3 is 5.97 Å². The molecule has 0 spiro atoms. The number of carboxylic acid groups (broad SMARTS) is 1. The van der Waals surface area contributed by atoms with E-state index in [1.165, 1.54) is 17.8 Å². The van der Waals surface area contributed by atoms with Crippen LogP contribution in [0.3, 0.4) is 0 Å². The largest absolute Gasteiger partial charge is 0.478 e. The molecule has 0 aliphatic rings. The first kappa shape index (κ1) is 12.6. The Morgan fingerprint density at radius 3 is 3.06 bits per heavy atom. The number of rotatable bonds is 5. The Bertz CT molecular complexity index is 556. The lowest BCUT2D eigenvalue weighted by atomic mass is 10.3. The van der Waals surface area contributed by atoms with E-state index in [0.29, 0.717) is 28.9 Å². The van der Waals surface area contributed by atoms with Gasteiger partial charge < -0.3 is 9.63 Å². The number of aromatic carboxylic acids is 1. The molecule has 0 saturated carbocycles. The van der Waals surface area contributed by atoms with Gasteiger partial charge in [-0.05, 0) is 12.1 Å². The van der Waals surface area contributed by atoms with Crippen LogP contribution < -0.4 is 0 Å². The molecule has 94 valence electrons. The zero-order valence-corrected chi connectivity index (χ0v) is 10.5. The van der Waals surface area contributed by atoms with E-state index in [2.05, 4.69) is 15.1 Å². The van der Waals surface area contributed by atoms with E-state index in [9.17, 15) is 4.79 Å². The average molecular weight is 265 g/mol. The number of thioether (sulfide) groups is 1. The highest BCUT2D eigenvalue weighted by molar-refractivity contribution is 7.98. The van der Waals surface area contributed by atoms with Crippen LogP contribution in [0.15, 0.2) is 27.9 Å². The molecule has 0 aliphatic carbocycles. The summed E-state index contributed by atoms with van der Waals surface area (Å²) in [6.07, 6.45) is 2.24. The van der Waals surface area contributed by atoms with Crippen molar-refractivity contribution in [2.45, 2.75) is 24.1 Å². The molecule has 0 unspecified atom stereocenters. The first-order valence-corrected chi connectivity index (χ1v) is 6.32. The Kier molecular flexibility index (Phi) is 3.93. The monoisotopic (exact) mass is 265 g/mol. The highest BCUT2D eigenvalue weighted by Crippen LogP contribution is 2.23. The Morgan fingerprint density at radius 1 is 1.56 bits per heavy atom. The van der Waals surface area contributed by atoms with Crippen molar-refractivity contribution in [1.29, 1.82) is 0 Å². The minimum Gasteiger partial charge on any atom is -0.478 e. The molecular weight excluding hydrogens is 254 g/mol. The Morgan fingerprint density at radius 2 is 2.39 bits per heavy atom. The normalized spacial score (nSPS) is 10.5. The molecule has 7 heteroatoms. The molecule has 0 amide bonds. The predicted octanol–water partition coefficient (Wildman–Crippen LogP) is 2.02. The molecule has 2 aromatic rings. The highest BCUT2D eigenvalue weighted by atomic mass is 32.2. The maximum atomic E-state index is 11.0. The summed E-state index contributed by atoms with van der Waals surface area (Å²) in [5.41, 5.74) is 0.182. The van der Waals surface area contributed by atoms with Crippen molar-refractivity contribution in [2.75, 3.05) is 0 Å². The van der Waals surface area contributed by atoms with Crippen LogP contribution in [-0.2, 0) is 12.2 Å². The first-order valence-electron chi connectivity index (χ1n) is 5.33. The van der Waals surface area contributed by atoms with Gasteiger partial charge in [0.1, 0.15) is 5.03 Å². The zero-order chi connectivity index (χ0) is 13.0. The smallest absolute Gasteiger partial charge is 0.338 e. The third-order valence-electron chi connectivity index (χ3n) is 2.15. The molecule has 0 aromatic carbocycles. The van der Waals surface area contributed by atoms with Crippen molar-refractivity contribution in [3.63, 3.8) is 0 Å². The molecule has 0 bridgehead atoms. The van der Waals surface area contributed by atoms with Crippen LogP contribution in [0.4, 0.5) is 0 Å². The van der Waals surface area contributed by atoms with Gasteiger partial charge in [0, 0.05) is 12.6 Å². The first-order chi connectivity index (χ1) is 8.70. The number of nitrogens with zero attached hydrogens (tertiary/aromatic N) is 3. The Hall–Kier alpha value is -1.89. The zero-order valence-electron chi connectivity index (χ0n) is 9.66. The molecule has 2 aromatic heterocycles. The summed E-state index contributed by atoms with van der Waals surface area (Å²) < 4.78 is 4.97. The summed E-state index contributed by atoms with van der Waals surface area (Å²) in [5, 5.41) is 13.2. The van der Waals surface area contributed by atoms with Gasteiger partial charge in [0.05, 0.1) is 11.3 Å².